The standard InChI is InChI=1S/C20H16N2O4S/c23-19(11-18-20(24)21-15-8-4-5-9-17(15)27-18)25-12-14-10-16(26-22-14)13-6-2-1-3-7-13/h1-10,18H,11-12H2,(H,21,24)/t18-/m0/s1. The number of amides is 1. The average Bonchev–Trinajstić information content (AvgIpc) is 3.17. The number of rotatable bonds is 5. The van der Waals surface area contributed by atoms with Crippen LogP contribution in [0.25, 0.3) is 11.3 Å². The van der Waals surface area contributed by atoms with Gasteiger partial charge in [-0.3, -0.25) is 9.59 Å². The molecule has 0 aliphatic carbocycles. The fourth-order valence-electron chi connectivity index (χ4n) is 2.71. The van der Waals surface area contributed by atoms with E-state index in [1.54, 1.807) is 6.07 Å². The molecule has 1 atom stereocenters. The summed E-state index contributed by atoms with van der Waals surface area (Å²) in [6, 6.07) is 18.8. The van der Waals surface area contributed by atoms with Gasteiger partial charge in [-0.15, -0.1) is 11.8 Å². The molecule has 0 fully saturated rings. The molecule has 0 unspecified atom stereocenters. The molecular formula is C20H16N2O4S. The van der Waals surface area contributed by atoms with Crippen molar-refractivity contribution in [2.45, 2.75) is 23.2 Å². The van der Waals surface area contributed by atoms with Gasteiger partial charge in [0.25, 0.3) is 0 Å². The largest absolute Gasteiger partial charge is 0.459 e. The molecule has 0 saturated heterocycles. The minimum atomic E-state index is -0.510. The van der Waals surface area contributed by atoms with Crippen LogP contribution in [0.15, 0.2) is 70.1 Å². The third kappa shape index (κ3) is 4.03. The zero-order valence-electron chi connectivity index (χ0n) is 14.3. The molecular weight excluding hydrogens is 364 g/mol. The molecule has 136 valence electrons. The number of anilines is 1. The van der Waals surface area contributed by atoms with Crippen LogP contribution in [0.1, 0.15) is 12.1 Å². The number of hydrogen-bond donors (Lipinski definition) is 1. The first-order valence-corrected chi connectivity index (χ1v) is 9.30. The van der Waals surface area contributed by atoms with Crippen LogP contribution in [0.2, 0.25) is 0 Å². The molecule has 7 heteroatoms. The van der Waals surface area contributed by atoms with Gasteiger partial charge in [-0.2, -0.15) is 0 Å². The Morgan fingerprint density at radius 2 is 1.93 bits per heavy atom. The first-order chi connectivity index (χ1) is 13.2. The molecule has 1 aliphatic heterocycles. The van der Waals surface area contributed by atoms with Crippen LogP contribution in [-0.2, 0) is 20.9 Å². The highest BCUT2D eigenvalue weighted by atomic mass is 32.2. The van der Waals surface area contributed by atoms with Gasteiger partial charge in [0.05, 0.1) is 17.4 Å². The van der Waals surface area contributed by atoms with E-state index in [2.05, 4.69) is 10.5 Å². The number of hydrogen-bond acceptors (Lipinski definition) is 6. The molecule has 1 N–H and O–H groups in total. The van der Waals surface area contributed by atoms with E-state index in [0.717, 1.165) is 16.1 Å². The van der Waals surface area contributed by atoms with Gasteiger partial charge in [0, 0.05) is 16.5 Å². The summed E-state index contributed by atoms with van der Waals surface area (Å²) >= 11 is 1.37. The van der Waals surface area contributed by atoms with Crippen LogP contribution in [0, 0.1) is 0 Å². The summed E-state index contributed by atoms with van der Waals surface area (Å²) in [5.41, 5.74) is 2.19. The van der Waals surface area contributed by atoms with Crippen LogP contribution < -0.4 is 5.32 Å². The second kappa shape index (κ2) is 7.67. The number of carbonyl (C=O) groups excluding carboxylic acids is 2. The fourth-order valence-corrected chi connectivity index (χ4v) is 3.81. The van der Waals surface area contributed by atoms with Crippen molar-refractivity contribution in [3.05, 3.63) is 66.4 Å². The van der Waals surface area contributed by atoms with Crippen molar-refractivity contribution in [2.24, 2.45) is 0 Å². The molecule has 0 bridgehead atoms. The van der Waals surface area contributed by atoms with Crippen LogP contribution in [-0.4, -0.2) is 22.3 Å². The van der Waals surface area contributed by atoms with E-state index >= 15 is 0 Å². The van der Waals surface area contributed by atoms with Crippen molar-refractivity contribution in [1.29, 1.82) is 0 Å². The lowest BCUT2D eigenvalue weighted by Gasteiger charge is -2.23. The summed E-state index contributed by atoms with van der Waals surface area (Å²) in [5, 5.41) is 6.23. The Balaban J connectivity index is 1.33. The third-order valence-electron chi connectivity index (χ3n) is 4.06. The number of thioether (sulfide) groups is 1. The monoisotopic (exact) mass is 380 g/mol. The number of esters is 1. The Morgan fingerprint density at radius 3 is 2.78 bits per heavy atom. The average molecular weight is 380 g/mol. The van der Waals surface area contributed by atoms with E-state index in [4.69, 9.17) is 9.26 Å². The number of fused-ring (bicyclic) bond motifs is 1. The van der Waals surface area contributed by atoms with Gasteiger partial charge in [0.2, 0.25) is 5.91 Å². The molecule has 0 saturated carbocycles. The minimum Gasteiger partial charge on any atom is -0.459 e. The summed E-state index contributed by atoms with van der Waals surface area (Å²) in [5.74, 6) is -0.0322. The van der Waals surface area contributed by atoms with Gasteiger partial charge < -0.3 is 14.6 Å². The number of benzene rings is 2. The van der Waals surface area contributed by atoms with Crippen molar-refractivity contribution in [3.63, 3.8) is 0 Å². The molecule has 1 aromatic heterocycles. The molecule has 4 rings (SSSR count). The van der Waals surface area contributed by atoms with Crippen LogP contribution in [0.4, 0.5) is 5.69 Å². The van der Waals surface area contributed by atoms with E-state index in [1.165, 1.54) is 11.8 Å². The van der Waals surface area contributed by atoms with Gasteiger partial charge in [-0.05, 0) is 12.1 Å². The maximum absolute atomic E-state index is 12.2. The van der Waals surface area contributed by atoms with Crippen molar-refractivity contribution < 1.29 is 18.8 Å². The summed E-state index contributed by atoms with van der Waals surface area (Å²) in [6.07, 6.45) is -0.00573. The van der Waals surface area contributed by atoms with Crippen LogP contribution >= 0.6 is 11.8 Å². The van der Waals surface area contributed by atoms with E-state index in [1.807, 2.05) is 54.6 Å². The number of aromatic nitrogens is 1. The summed E-state index contributed by atoms with van der Waals surface area (Å²) in [7, 11) is 0. The zero-order valence-corrected chi connectivity index (χ0v) is 15.1. The Labute approximate surface area is 159 Å². The predicted molar refractivity (Wildman–Crippen MR) is 101 cm³/mol. The van der Waals surface area contributed by atoms with E-state index in [9.17, 15) is 9.59 Å². The highest BCUT2D eigenvalue weighted by molar-refractivity contribution is 8.01. The number of ether oxygens (including phenoxy) is 1. The lowest BCUT2D eigenvalue weighted by molar-refractivity contribution is -0.145. The lowest BCUT2D eigenvalue weighted by Crippen LogP contribution is -2.31. The summed E-state index contributed by atoms with van der Waals surface area (Å²) < 4.78 is 10.5. The summed E-state index contributed by atoms with van der Waals surface area (Å²) in [4.78, 5) is 25.2. The first kappa shape index (κ1) is 17.4. The zero-order chi connectivity index (χ0) is 18.6. The Kier molecular flexibility index (Phi) is 4.93. The Morgan fingerprint density at radius 1 is 1.15 bits per heavy atom. The van der Waals surface area contributed by atoms with E-state index in [-0.39, 0.29) is 18.9 Å². The normalized spacial score (nSPS) is 15.7. The molecule has 27 heavy (non-hydrogen) atoms. The lowest BCUT2D eigenvalue weighted by atomic mass is 10.2. The smallest absolute Gasteiger partial charge is 0.307 e. The maximum atomic E-state index is 12.2. The minimum absolute atomic E-state index is 0.00472. The Bertz CT molecular complexity index is 971. The highest BCUT2D eigenvalue weighted by Crippen LogP contribution is 2.36. The van der Waals surface area contributed by atoms with Crippen molar-refractivity contribution in [2.75, 3.05) is 5.32 Å². The predicted octanol–water partition coefficient (Wildman–Crippen LogP) is 3.89. The van der Waals surface area contributed by atoms with Gasteiger partial charge in [-0.25, -0.2) is 0 Å². The van der Waals surface area contributed by atoms with Gasteiger partial charge >= 0.3 is 5.97 Å². The van der Waals surface area contributed by atoms with Gasteiger partial charge in [0.1, 0.15) is 12.3 Å². The third-order valence-corrected chi connectivity index (χ3v) is 5.33. The first-order valence-electron chi connectivity index (χ1n) is 8.42. The SMILES string of the molecule is O=C(C[C@@H]1Sc2ccccc2NC1=O)OCc1cc(-c2ccccc2)on1. The van der Waals surface area contributed by atoms with Crippen LogP contribution in [0.5, 0.6) is 0 Å². The topological polar surface area (TPSA) is 81.4 Å². The molecule has 2 heterocycles. The molecule has 6 nitrogen and oxygen atoms in total. The van der Waals surface area contributed by atoms with Crippen molar-refractivity contribution >= 4 is 29.3 Å². The Hall–Kier alpha value is -3.06. The number of carbonyl (C=O) groups is 2. The summed E-state index contributed by atoms with van der Waals surface area (Å²) in [6.45, 7) is 0.00472. The van der Waals surface area contributed by atoms with E-state index in [0.29, 0.717) is 11.5 Å². The molecule has 3 aromatic rings. The van der Waals surface area contributed by atoms with Crippen molar-refractivity contribution in [3.8, 4) is 11.3 Å². The number of para-hydroxylation sites is 1. The van der Waals surface area contributed by atoms with Crippen molar-refractivity contribution in [1.82, 2.24) is 5.16 Å². The molecule has 0 radical (unpaired) electrons. The van der Waals surface area contributed by atoms with Crippen LogP contribution in [0.3, 0.4) is 0 Å². The molecule has 1 aliphatic rings. The molecule has 2 aromatic carbocycles. The maximum Gasteiger partial charge on any atom is 0.307 e. The highest BCUT2D eigenvalue weighted by Gasteiger charge is 2.29. The number of nitrogens with zero attached hydrogens (tertiary/aromatic N) is 1. The van der Waals surface area contributed by atoms with Gasteiger partial charge in [-0.1, -0.05) is 47.6 Å². The van der Waals surface area contributed by atoms with E-state index < -0.39 is 11.2 Å². The fraction of sp³-hybridized carbons (Fsp3) is 0.150. The van der Waals surface area contributed by atoms with Gasteiger partial charge in [0.15, 0.2) is 5.76 Å². The quantitative estimate of drug-likeness (QED) is 0.677. The second-order valence-corrected chi connectivity index (χ2v) is 7.25. The second-order valence-electron chi connectivity index (χ2n) is 6.01. The molecule has 1 amide bonds. The molecule has 0 spiro atoms. The number of nitrogens with one attached hydrogen (secondary N) is 1.